The van der Waals surface area contributed by atoms with Gasteiger partial charge in [-0.15, -0.1) is 0 Å². The highest BCUT2D eigenvalue weighted by atomic mass is 16.5. The molecule has 328 valence electrons. The van der Waals surface area contributed by atoms with E-state index in [1.807, 2.05) is 18.2 Å². The monoisotopic (exact) mass is 860 g/mol. The Morgan fingerprint density at radius 1 is 0.462 bits per heavy atom. The Morgan fingerprint density at radius 3 is 1.17 bits per heavy atom. The van der Waals surface area contributed by atoms with Crippen LogP contribution in [0.4, 0.5) is 23.3 Å². The van der Waals surface area contributed by atoms with E-state index in [-0.39, 0.29) is 0 Å². The standard InChI is InChI=1S/C28H30N4.C27H26N4O2/c1-19(2)24-12-7-13-25(18-24)29-28-31-26(16-22-10-5-8-20(3)14-22)30-27(32-28)17-23-11-6-9-21(4)15-23;1-18-7-4-9-20(13-18)15-24-29-25(16-21-10-5-8-19(2)14-21)31-27(30-24)28-23-12-6-11-22(17-23)26(32)33-3/h5-15,18-19H,16-17H2,1-4H3,(H,29,30,31,32);4-14,17H,15-16H2,1-3H3,(H,28,29,30,31). The van der Waals surface area contributed by atoms with Gasteiger partial charge in [-0.05, 0) is 91.8 Å². The Labute approximate surface area is 382 Å². The van der Waals surface area contributed by atoms with E-state index in [4.69, 9.17) is 24.7 Å². The zero-order valence-electron chi connectivity index (χ0n) is 38.3. The molecule has 8 aromatic rings. The van der Waals surface area contributed by atoms with Gasteiger partial charge in [0.1, 0.15) is 23.3 Å². The van der Waals surface area contributed by atoms with E-state index in [0.29, 0.717) is 66.4 Å². The number of carbonyl (C=O) groups excluding carboxylic acids is 1. The molecule has 0 aliphatic heterocycles. The number of aromatic nitrogens is 6. The highest BCUT2D eigenvalue weighted by Crippen LogP contribution is 2.23. The van der Waals surface area contributed by atoms with Gasteiger partial charge in [-0.3, -0.25) is 0 Å². The molecular weight excluding hydrogens is 805 g/mol. The number of esters is 1. The summed E-state index contributed by atoms with van der Waals surface area (Å²) in [4.78, 5) is 40.3. The summed E-state index contributed by atoms with van der Waals surface area (Å²) in [6.07, 6.45) is 2.54. The number of ether oxygens (including phenoxy) is 1. The minimum Gasteiger partial charge on any atom is -0.465 e. The van der Waals surface area contributed by atoms with Crippen molar-refractivity contribution in [1.82, 2.24) is 29.9 Å². The van der Waals surface area contributed by atoms with Crippen LogP contribution in [0.1, 0.15) is 103 Å². The summed E-state index contributed by atoms with van der Waals surface area (Å²) in [6.45, 7) is 12.7. The number of nitrogens with zero attached hydrogens (tertiary/aromatic N) is 6. The van der Waals surface area contributed by atoms with E-state index in [0.717, 1.165) is 28.5 Å². The molecule has 0 radical (unpaired) electrons. The molecule has 0 fully saturated rings. The summed E-state index contributed by atoms with van der Waals surface area (Å²) in [5.41, 5.74) is 13.0. The maximum absolute atomic E-state index is 11.9. The Hall–Kier alpha value is -7.59. The predicted molar refractivity (Wildman–Crippen MR) is 260 cm³/mol. The van der Waals surface area contributed by atoms with Crippen molar-refractivity contribution in [3.8, 4) is 0 Å². The molecule has 65 heavy (non-hydrogen) atoms. The van der Waals surface area contributed by atoms with E-state index in [9.17, 15) is 4.79 Å². The quantitative estimate of drug-likeness (QED) is 0.102. The second-order valence-electron chi connectivity index (χ2n) is 16.7. The smallest absolute Gasteiger partial charge is 0.337 e. The van der Waals surface area contributed by atoms with Gasteiger partial charge in [-0.1, -0.05) is 151 Å². The fourth-order valence-electron chi connectivity index (χ4n) is 7.46. The maximum Gasteiger partial charge on any atom is 0.337 e. The topological polar surface area (TPSA) is 128 Å². The van der Waals surface area contributed by atoms with Gasteiger partial charge in [-0.2, -0.15) is 19.9 Å². The lowest BCUT2D eigenvalue weighted by Crippen LogP contribution is -2.09. The lowest BCUT2D eigenvalue weighted by atomic mass is 10.0. The molecule has 2 heterocycles. The number of aryl methyl sites for hydroxylation is 4. The van der Waals surface area contributed by atoms with Crippen LogP contribution in [0.25, 0.3) is 0 Å². The first-order valence-corrected chi connectivity index (χ1v) is 21.9. The van der Waals surface area contributed by atoms with Gasteiger partial charge >= 0.3 is 5.97 Å². The van der Waals surface area contributed by atoms with Crippen LogP contribution in [-0.4, -0.2) is 43.0 Å². The van der Waals surface area contributed by atoms with Crippen LogP contribution in [0, 0.1) is 27.7 Å². The maximum atomic E-state index is 11.9. The molecule has 2 N–H and O–H groups in total. The molecule has 0 atom stereocenters. The molecular formula is C55H56N8O2. The van der Waals surface area contributed by atoms with Crippen LogP contribution >= 0.6 is 0 Å². The molecule has 0 aliphatic carbocycles. The number of benzene rings is 6. The Morgan fingerprint density at radius 2 is 0.815 bits per heavy atom. The molecule has 0 spiro atoms. The minimum absolute atomic E-state index is 0.394. The molecule has 0 aliphatic rings. The number of anilines is 4. The molecule has 6 aromatic carbocycles. The number of carbonyl (C=O) groups is 1. The van der Waals surface area contributed by atoms with Crippen molar-refractivity contribution in [1.29, 1.82) is 0 Å². The molecule has 2 aromatic heterocycles. The third-order valence-corrected chi connectivity index (χ3v) is 10.6. The molecule has 0 bridgehead atoms. The lowest BCUT2D eigenvalue weighted by Gasteiger charge is -2.12. The highest BCUT2D eigenvalue weighted by Gasteiger charge is 2.13. The average molecular weight is 861 g/mol. The molecule has 10 heteroatoms. The van der Waals surface area contributed by atoms with Gasteiger partial charge in [0.15, 0.2) is 0 Å². The van der Waals surface area contributed by atoms with Crippen molar-refractivity contribution in [3.63, 3.8) is 0 Å². The van der Waals surface area contributed by atoms with Gasteiger partial charge < -0.3 is 15.4 Å². The third-order valence-electron chi connectivity index (χ3n) is 10.6. The van der Waals surface area contributed by atoms with Crippen LogP contribution in [0.2, 0.25) is 0 Å². The van der Waals surface area contributed by atoms with Gasteiger partial charge in [0.05, 0.1) is 12.7 Å². The first-order valence-electron chi connectivity index (χ1n) is 21.9. The highest BCUT2D eigenvalue weighted by molar-refractivity contribution is 5.90. The summed E-state index contributed by atoms with van der Waals surface area (Å²) >= 11 is 0. The fraction of sp³-hybridized carbons (Fsp3) is 0.218. The largest absolute Gasteiger partial charge is 0.465 e. The van der Waals surface area contributed by atoms with Gasteiger partial charge in [0.25, 0.3) is 0 Å². The van der Waals surface area contributed by atoms with E-state index in [1.54, 1.807) is 18.2 Å². The van der Waals surface area contributed by atoms with Crippen LogP contribution in [0.3, 0.4) is 0 Å². The molecule has 0 saturated carbocycles. The predicted octanol–water partition coefficient (Wildman–Crippen LogP) is 11.7. The summed E-state index contributed by atoms with van der Waals surface area (Å²) in [7, 11) is 1.36. The second kappa shape index (κ2) is 21.7. The Bertz CT molecular complexity index is 2760. The molecule has 0 amide bonds. The van der Waals surface area contributed by atoms with Crippen molar-refractivity contribution in [2.24, 2.45) is 0 Å². The fourth-order valence-corrected chi connectivity index (χ4v) is 7.46. The third kappa shape index (κ3) is 13.7. The van der Waals surface area contributed by atoms with E-state index in [2.05, 4.69) is 171 Å². The first kappa shape index (κ1) is 45.4. The minimum atomic E-state index is -0.394. The van der Waals surface area contributed by atoms with Gasteiger partial charge in [0.2, 0.25) is 11.9 Å². The van der Waals surface area contributed by atoms with Gasteiger partial charge in [0, 0.05) is 37.1 Å². The molecule has 10 nitrogen and oxygen atoms in total. The Kier molecular flexibility index (Phi) is 15.1. The number of nitrogens with one attached hydrogen (secondary N) is 2. The number of rotatable bonds is 14. The zero-order valence-corrected chi connectivity index (χ0v) is 38.3. The summed E-state index contributed by atoms with van der Waals surface area (Å²) in [5, 5.41) is 6.64. The van der Waals surface area contributed by atoms with E-state index < -0.39 is 5.97 Å². The van der Waals surface area contributed by atoms with Crippen LogP contribution in [-0.2, 0) is 30.4 Å². The molecule has 8 rings (SSSR count). The summed E-state index contributed by atoms with van der Waals surface area (Å²) in [5.74, 6) is 4.02. The van der Waals surface area contributed by atoms with Crippen molar-refractivity contribution in [2.75, 3.05) is 17.7 Å². The van der Waals surface area contributed by atoms with Crippen LogP contribution in [0.5, 0.6) is 0 Å². The van der Waals surface area contributed by atoms with Crippen molar-refractivity contribution >= 4 is 29.2 Å². The van der Waals surface area contributed by atoms with Gasteiger partial charge in [-0.25, -0.2) is 14.8 Å². The van der Waals surface area contributed by atoms with Crippen LogP contribution in [0.15, 0.2) is 146 Å². The molecule has 0 saturated heterocycles. The summed E-state index contributed by atoms with van der Waals surface area (Å²) < 4.78 is 4.82. The van der Waals surface area contributed by atoms with Crippen LogP contribution < -0.4 is 10.6 Å². The first-order chi connectivity index (χ1) is 31.4. The lowest BCUT2D eigenvalue weighted by molar-refractivity contribution is 0.0600. The van der Waals surface area contributed by atoms with Crippen molar-refractivity contribution in [3.05, 3.63) is 225 Å². The molecule has 0 unspecified atom stereocenters. The second-order valence-corrected chi connectivity index (χ2v) is 16.7. The van der Waals surface area contributed by atoms with E-state index >= 15 is 0 Å². The normalized spacial score (nSPS) is 10.8. The SMILES string of the molecule is COC(=O)c1cccc(Nc2nc(Cc3cccc(C)c3)nc(Cc3cccc(C)c3)n2)c1.Cc1cccc(Cc2nc(Cc3cccc(C)c3)nc(Nc3cccc(C(C)C)c3)n2)c1. The van der Waals surface area contributed by atoms with Crippen molar-refractivity contribution in [2.45, 2.75) is 73.1 Å². The Balaban J connectivity index is 0.000000194. The average Bonchev–Trinajstić information content (AvgIpc) is 3.26. The van der Waals surface area contributed by atoms with Crippen molar-refractivity contribution < 1.29 is 9.53 Å². The summed E-state index contributed by atoms with van der Waals surface area (Å²) in [6, 6.07) is 49.1. The van der Waals surface area contributed by atoms with E-state index in [1.165, 1.54) is 46.1 Å². The zero-order chi connectivity index (χ0) is 45.7. The number of methoxy groups -OCH3 is 1. The number of hydrogen-bond donors (Lipinski definition) is 2. The number of hydrogen-bond acceptors (Lipinski definition) is 10.